The maximum atomic E-state index is 11.4. The molecule has 3 nitrogen and oxygen atoms in total. The molecule has 1 aliphatic heterocycles. The first-order valence-corrected chi connectivity index (χ1v) is 5.98. The maximum Gasteiger partial charge on any atom is 0.309 e. The molecular formula is C10H17N2OS+. The van der Waals surface area contributed by atoms with E-state index in [1.54, 1.807) is 18.7 Å². The van der Waals surface area contributed by atoms with Crippen molar-refractivity contribution in [2.45, 2.75) is 33.2 Å². The molecule has 0 saturated heterocycles. The lowest BCUT2D eigenvalue weighted by Gasteiger charge is -2.18. The standard InChI is InChI=1S/C10H16N2OS/c1-5-8-9(7(3)13)6(2)11-10(12-8)14-4/h8H,5H2,1-4H3,(H,11,12)/p+1. The number of ketones is 1. The van der Waals surface area contributed by atoms with Gasteiger partial charge in [-0.3, -0.25) is 9.79 Å². The van der Waals surface area contributed by atoms with Crippen molar-refractivity contribution >= 4 is 22.7 Å². The third-order valence-corrected chi connectivity index (χ3v) is 2.98. The van der Waals surface area contributed by atoms with Crippen molar-refractivity contribution in [1.82, 2.24) is 5.32 Å². The molecule has 0 bridgehead atoms. The van der Waals surface area contributed by atoms with Crippen molar-refractivity contribution in [3.63, 3.8) is 0 Å². The minimum Gasteiger partial charge on any atom is -0.295 e. The third kappa shape index (κ3) is 2.18. The van der Waals surface area contributed by atoms with Gasteiger partial charge in [-0.05, 0) is 38.3 Å². The highest BCUT2D eigenvalue weighted by Gasteiger charge is 2.28. The van der Waals surface area contributed by atoms with Gasteiger partial charge >= 0.3 is 5.17 Å². The van der Waals surface area contributed by atoms with Crippen LogP contribution in [0.4, 0.5) is 0 Å². The highest BCUT2D eigenvalue weighted by Crippen LogP contribution is 2.11. The van der Waals surface area contributed by atoms with E-state index in [9.17, 15) is 4.79 Å². The van der Waals surface area contributed by atoms with Gasteiger partial charge in [-0.15, -0.1) is 0 Å². The van der Waals surface area contributed by atoms with Crippen molar-refractivity contribution in [1.29, 1.82) is 0 Å². The monoisotopic (exact) mass is 213 g/mol. The number of rotatable bonds is 2. The summed E-state index contributed by atoms with van der Waals surface area (Å²) in [4.78, 5) is 14.7. The Balaban J connectivity index is 3.00. The van der Waals surface area contributed by atoms with Crippen LogP contribution in [0, 0.1) is 0 Å². The zero-order chi connectivity index (χ0) is 10.7. The molecule has 2 N–H and O–H groups in total. The number of hydrogen-bond acceptors (Lipinski definition) is 3. The number of carbonyl (C=O) groups is 1. The van der Waals surface area contributed by atoms with Crippen LogP contribution in [0.1, 0.15) is 27.2 Å². The predicted molar refractivity (Wildman–Crippen MR) is 60.1 cm³/mol. The molecule has 0 saturated carbocycles. The van der Waals surface area contributed by atoms with E-state index in [4.69, 9.17) is 0 Å². The van der Waals surface area contributed by atoms with Crippen LogP contribution in [0.2, 0.25) is 0 Å². The number of Topliss-reactive ketones (excluding diaryl/α,β-unsaturated/α-hetero) is 1. The Bertz CT molecular complexity index is 307. The zero-order valence-corrected chi connectivity index (χ0v) is 9.92. The molecule has 4 heteroatoms. The largest absolute Gasteiger partial charge is 0.309 e. The summed E-state index contributed by atoms with van der Waals surface area (Å²) < 4.78 is 0. The van der Waals surface area contributed by atoms with Crippen LogP contribution in [0.15, 0.2) is 11.3 Å². The lowest BCUT2D eigenvalue weighted by Crippen LogP contribution is -2.84. The second-order valence-electron chi connectivity index (χ2n) is 3.36. The molecule has 78 valence electrons. The quantitative estimate of drug-likeness (QED) is 0.680. The Hall–Kier alpha value is -0.770. The third-order valence-electron chi connectivity index (χ3n) is 2.35. The molecule has 0 aromatic rings. The topological polar surface area (TPSA) is 43.1 Å². The van der Waals surface area contributed by atoms with E-state index < -0.39 is 0 Å². The summed E-state index contributed by atoms with van der Waals surface area (Å²) in [6, 6.07) is 0.163. The molecule has 14 heavy (non-hydrogen) atoms. The van der Waals surface area contributed by atoms with E-state index in [0.717, 1.165) is 22.9 Å². The van der Waals surface area contributed by atoms with Gasteiger partial charge < -0.3 is 0 Å². The van der Waals surface area contributed by atoms with Gasteiger partial charge in [0.15, 0.2) is 5.78 Å². The lowest BCUT2D eigenvalue weighted by atomic mass is 9.99. The summed E-state index contributed by atoms with van der Waals surface area (Å²) >= 11 is 1.63. The summed E-state index contributed by atoms with van der Waals surface area (Å²) in [6.07, 6.45) is 2.94. The van der Waals surface area contributed by atoms with E-state index in [-0.39, 0.29) is 11.8 Å². The molecule has 0 aliphatic carbocycles. The molecule has 0 spiro atoms. The smallest absolute Gasteiger partial charge is 0.295 e. The lowest BCUT2D eigenvalue weighted by molar-refractivity contribution is -0.492. The van der Waals surface area contributed by atoms with Crippen LogP contribution >= 0.6 is 11.8 Å². The Labute approximate surface area is 89.1 Å². The Morgan fingerprint density at radius 1 is 1.64 bits per heavy atom. The van der Waals surface area contributed by atoms with Gasteiger partial charge in [-0.2, -0.15) is 0 Å². The first kappa shape index (κ1) is 11.3. The molecule has 0 fully saturated rings. The molecule has 1 aliphatic rings. The Morgan fingerprint density at radius 2 is 2.29 bits per heavy atom. The first-order chi connectivity index (χ1) is 6.60. The summed E-state index contributed by atoms with van der Waals surface area (Å²) in [7, 11) is 0. The molecule has 0 radical (unpaired) electrons. The van der Waals surface area contributed by atoms with Crippen molar-refractivity contribution in [3.05, 3.63) is 11.3 Å². The molecule has 1 heterocycles. The number of hydrogen-bond donors (Lipinski definition) is 2. The molecule has 0 aromatic heterocycles. The fraction of sp³-hybridized carbons (Fsp3) is 0.600. The highest BCUT2D eigenvalue weighted by molar-refractivity contribution is 8.12. The van der Waals surface area contributed by atoms with Gasteiger partial charge in [0.25, 0.3) is 0 Å². The van der Waals surface area contributed by atoms with Crippen LogP contribution in [0.25, 0.3) is 0 Å². The normalized spacial score (nSPS) is 21.7. The number of thioether (sulfide) groups is 1. The van der Waals surface area contributed by atoms with Crippen LogP contribution in [-0.4, -0.2) is 23.2 Å². The van der Waals surface area contributed by atoms with Crippen molar-refractivity contribution < 1.29 is 9.79 Å². The van der Waals surface area contributed by atoms with Crippen molar-refractivity contribution in [2.24, 2.45) is 0 Å². The van der Waals surface area contributed by atoms with Gasteiger partial charge in [0.1, 0.15) is 11.7 Å². The minimum absolute atomic E-state index is 0.148. The van der Waals surface area contributed by atoms with Crippen molar-refractivity contribution in [3.8, 4) is 0 Å². The van der Waals surface area contributed by atoms with Crippen molar-refractivity contribution in [2.75, 3.05) is 6.26 Å². The molecule has 0 amide bonds. The average Bonchev–Trinajstić information content (AvgIpc) is 2.15. The number of allylic oxidation sites excluding steroid dienone is 1. The highest BCUT2D eigenvalue weighted by atomic mass is 32.2. The predicted octanol–water partition coefficient (Wildman–Crippen LogP) is 0.0308. The molecule has 1 atom stereocenters. The van der Waals surface area contributed by atoms with Gasteiger partial charge in [0.05, 0.1) is 5.57 Å². The summed E-state index contributed by atoms with van der Waals surface area (Å²) in [5.41, 5.74) is 1.86. The van der Waals surface area contributed by atoms with E-state index >= 15 is 0 Å². The van der Waals surface area contributed by atoms with E-state index in [1.807, 2.05) is 13.2 Å². The summed E-state index contributed by atoms with van der Waals surface area (Å²) in [5, 5.41) is 4.22. The zero-order valence-electron chi connectivity index (χ0n) is 9.10. The van der Waals surface area contributed by atoms with E-state index in [0.29, 0.717) is 0 Å². The number of carbonyl (C=O) groups excluding carboxylic acids is 1. The minimum atomic E-state index is 0.148. The fourth-order valence-corrected chi connectivity index (χ4v) is 2.21. The summed E-state index contributed by atoms with van der Waals surface area (Å²) in [5.74, 6) is 0.148. The number of amidine groups is 1. The Kier molecular flexibility index (Phi) is 3.75. The Morgan fingerprint density at radius 3 is 2.71 bits per heavy atom. The second-order valence-corrected chi connectivity index (χ2v) is 4.17. The van der Waals surface area contributed by atoms with Crippen LogP contribution in [-0.2, 0) is 4.79 Å². The van der Waals surface area contributed by atoms with Gasteiger partial charge in [-0.1, -0.05) is 6.92 Å². The fourth-order valence-electron chi connectivity index (χ4n) is 1.69. The summed E-state index contributed by atoms with van der Waals surface area (Å²) in [6.45, 7) is 5.66. The molecule has 0 aromatic carbocycles. The molecule has 1 unspecified atom stereocenters. The molecular weight excluding hydrogens is 196 g/mol. The van der Waals surface area contributed by atoms with Crippen LogP contribution in [0.3, 0.4) is 0 Å². The van der Waals surface area contributed by atoms with Crippen LogP contribution < -0.4 is 10.3 Å². The SMILES string of the molecule is CCC1[NH+]=C(SC)NC(C)=C1C(C)=O. The molecule has 1 rings (SSSR count). The number of nitrogens with one attached hydrogen (secondary N) is 2. The van der Waals surface area contributed by atoms with Gasteiger partial charge in [0.2, 0.25) is 0 Å². The second kappa shape index (κ2) is 4.64. The van der Waals surface area contributed by atoms with E-state index in [2.05, 4.69) is 17.2 Å². The van der Waals surface area contributed by atoms with Gasteiger partial charge in [0, 0.05) is 0 Å². The van der Waals surface area contributed by atoms with Crippen LogP contribution in [0.5, 0.6) is 0 Å². The maximum absolute atomic E-state index is 11.4. The van der Waals surface area contributed by atoms with E-state index in [1.165, 1.54) is 0 Å². The average molecular weight is 213 g/mol. The van der Waals surface area contributed by atoms with Gasteiger partial charge in [-0.25, -0.2) is 5.32 Å². The first-order valence-electron chi connectivity index (χ1n) is 4.76.